The summed E-state index contributed by atoms with van der Waals surface area (Å²) in [6, 6.07) is 12.1. The molecule has 0 amide bonds. The van der Waals surface area contributed by atoms with E-state index >= 15 is 0 Å². The van der Waals surface area contributed by atoms with Crippen molar-refractivity contribution in [2.75, 3.05) is 22.5 Å². The molecule has 0 saturated carbocycles. The molecule has 0 fully saturated rings. The molecular formula is C19H22N6. The number of hydrogen-bond acceptors (Lipinski definition) is 6. The third kappa shape index (κ3) is 3.52. The van der Waals surface area contributed by atoms with Gasteiger partial charge in [-0.1, -0.05) is 18.2 Å². The van der Waals surface area contributed by atoms with Crippen LogP contribution >= 0.6 is 0 Å². The van der Waals surface area contributed by atoms with Gasteiger partial charge in [-0.25, -0.2) is 15.0 Å². The maximum atomic E-state index is 6.38. The highest BCUT2D eigenvalue weighted by atomic mass is 15.2. The summed E-state index contributed by atoms with van der Waals surface area (Å²) >= 11 is 0. The lowest BCUT2D eigenvalue weighted by atomic mass is 10.2. The average molecular weight is 334 g/mol. The Hall–Kier alpha value is -3.15. The van der Waals surface area contributed by atoms with Crippen molar-refractivity contribution in [3.8, 4) is 0 Å². The van der Waals surface area contributed by atoms with Gasteiger partial charge >= 0.3 is 0 Å². The Bertz CT molecular complexity index is 877. The monoisotopic (exact) mass is 334 g/mol. The fraction of sp³-hybridized carbons (Fsp3) is 0.211. The van der Waals surface area contributed by atoms with Crippen molar-refractivity contribution in [2.45, 2.75) is 20.8 Å². The zero-order valence-corrected chi connectivity index (χ0v) is 14.7. The van der Waals surface area contributed by atoms with Gasteiger partial charge in [0.2, 0.25) is 0 Å². The van der Waals surface area contributed by atoms with E-state index in [1.165, 1.54) is 11.9 Å². The lowest BCUT2D eigenvalue weighted by molar-refractivity contribution is 0.978. The fourth-order valence-electron chi connectivity index (χ4n) is 2.68. The van der Waals surface area contributed by atoms with Crippen LogP contribution in [0.5, 0.6) is 0 Å². The maximum absolute atomic E-state index is 6.38. The molecule has 6 heteroatoms. The van der Waals surface area contributed by atoms with E-state index < -0.39 is 0 Å². The Labute approximate surface area is 147 Å². The minimum atomic E-state index is 0.496. The molecule has 25 heavy (non-hydrogen) atoms. The number of benzene rings is 1. The van der Waals surface area contributed by atoms with E-state index in [9.17, 15) is 0 Å². The van der Waals surface area contributed by atoms with Crippen molar-refractivity contribution in [3.63, 3.8) is 0 Å². The van der Waals surface area contributed by atoms with Gasteiger partial charge in [0.15, 0.2) is 11.6 Å². The molecule has 0 saturated heterocycles. The van der Waals surface area contributed by atoms with Gasteiger partial charge in [-0.15, -0.1) is 0 Å². The van der Waals surface area contributed by atoms with Crippen LogP contribution in [0.4, 0.5) is 28.8 Å². The number of nitrogens with two attached hydrogens (primary N) is 1. The summed E-state index contributed by atoms with van der Waals surface area (Å²) in [7, 11) is 0. The number of hydrogen-bond donors (Lipinski definition) is 2. The first-order valence-corrected chi connectivity index (χ1v) is 8.23. The largest absolute Gasteiger partial charge is 0.393 e. The number of pyridine rings is 1. The Kier molecular flexibility index (Phi) is 4.79. The van der Waals surface area contributed by atoms with Gasteiger partial charge < -0.3 is 16.0 Å². The van der Waals surface area contributed by atoms with Crippen LogP contribution < -0.4 is 16.0 Å². The van der Waals surface area contributed by atoms with Gasteiger partial charge in [0.1, 0.15) is 17.8 Å². The number of nitrogen functional groups attached to an aromatic ring is 1. The summed E-state index contributed by atoms with van der Waals surface area (Å²) in [5.41, 5.74) is 10.1. The van der Waals surface area contributed by atoms with Gasteiger partial charge in [0, 0.05) is 18.4 Å². The molecule has 3 N–H and O–H groups in total. The molecule has 3 rings (SSSR count). The lowest BCUT2D eigenvalue weighted by Crippen LogP contribution is -2.20. The molecule has 0 spiro atoms. The number of nitrogens with zero attached hydrogens (tertiary/aromatic N) is 4. The first kappa shape index (κ1) is 16.7. The minimum Gasteiger partial charge on any atom is -0.393 e. The Morgan fingerprint density at radius 1 is 1.04 bits per heavy atom. The standard InChI is InChI=1S/C19H22N6/c1-4-25(15-9-5-7-13(2)11-15)19-16(20)18(22-12-23-19)24-17-14(3)8-6-10-21-17/h5-12H,4,20H2,1-3H3,(H,21,22,23,24). The van der Waals surface area contributed by atoms with E-state index in [-0.39, 0.29) is 0 Å². The van der Waals surface area contributed by atoms with Crippen LogP contribution in [0.15, 0.2) is 48.9 Å². The van der Waals surface area contributed by atoms with Gasteiger partial charge in [0.25, 0.3) is 0 Å². The number of aryl methyl sites for hydroxylation is 2. The molecule has 0 aliphatic rings. The van der Waals surface area contributed by atoms with E-state index in [2.05, 4.69) is 51.1 Å². The highest BCUT2D eigenvalue weighted by molar-refractivity contribution is 5.81. The third-order valence-corrected chi connectivity index (χ3v) is 3.99. The van der Waals surface area contributed by atoms with E-state index in [1.54, 1.807) is 6.20 Å². The molecular weight excluding hydrogens is 312 g/mol. The van der Waals surface area contributed by atoms with Crippen LogP contribution in [0.3, 0.4) is 0 Å². The summed E-state index contributed by atoms with van der Waals surface area (Å²) in [6.45, 7) is 6.86. The molecule has 0 unspecified atom stereocenters. The van der Waals surface area contributed by atoms with E-state index in [1.807, 2.05) is 31.2 Å². The van der Waals surface area contributed by atoms with Crippen LogP contribution in [0, 0.1) is 13.8 Å². The zero-order chi connectivity index (χ0) is 17.8. The molecule has 128 valence electrons. The van der Waals surface area contributed by atoms with E-state index in [0.717, 1.165) is 23.6 Å². The van der Waals surface area contributed by atoms with Crippen molar-refractivity contribution >= 4 is 28.8 Å². The Morgan fingerprint density at radius 2 is 1.88 bits per heavy atom. The van der Waals surface area contributed by atoms with E-state index in [4.69, 9.17) is 5.73 Å². The Balaban J connectivity index is 1.99. The summed E-state index contributed by atoms with van der Waals surface area (Å²) in [5, 5.41) is 3.21. The van der Waals surface area contributed by atoms with Gasteiger partial charge in [0.05, 0.1) is 0 Å². The number of aromatic nitrogens is 3. The number of anilines is 5. The predicted octanol–water partition coefficient (Wildman–Crippen LogP) is 3.97. The van der Waals surface area contributed by atoms with Crippen molar-refractivity contribution in [1.29, 1.82) is 0 Å². The summed E-state index contributed by atoms with van der Waals surface area (Å²) < 4.78 is 0. The summed E-state index contributed by atoms with van der Waals surface area (Å²) in [4.78, 5) is 15.1. The first-order valence-electron chi connectivity index (χ1n) is 8.23. The van der Waals surface area contributed by atoms with Crippen molar-refractivity contribution in [3.05, 3.63) is 60.0 Å². The molecule has 6 nitrogen and oxygen atoms in total. The summed E-state index contributed by atoms with van der Waals surface area (Å²) in [6.07, 6.45) is 3.25. The highest BCUT2D eigenvalue weighted by Crippen LogP contribution is 2.33. The van der Waals surface area contributed by atoms with Crippen LogP contribution in [0.25, 0.3) is 0 Å². The smallest absolute Gasteiger partial charge is 0.161 e. The van der Waals surface area contributed by atoms with Crippen LogP contribution in [-0.4, -0.2) is 21.5 Å². The zero-order valence-electron chi connectivity index (χ0n) is 14.7. The molecule has 0 radical (unpaired) electrons. The minimum absolute atomic E-state index is 0.496. The predicted molar refractivity (Wildman–Crippen MR) is 103 cm³/mol. The van der Waals surface area contributed by atoms with Crippen molar-refractivity contribution in [2.24, 2.45) is 0 Å². The summed E-state index contributed by atoms with van der Waals surface area (Å²) in [5.74, 6) is 1.97. The fourth-order valence-corrected chi connectivity index (χ4v) is 2.68. The van der Waals surface area contributed by atoms with Gasteiger partial charge in [-0.05, 0) is 50.1 Å². The molecule has 0 aliphatic carbocycles. The second-order valence-electron chi connectivity index (χ2n) is 5.84. The number of nitrogens with one attached hydrogen (secondary N) is 1. The van der Waals surface area contributed by atoms with Crippen LogP contribution in [0.2, 0.25) is 0 Å². The highest BCUT2D eigenvalue weighted by Gasteiger charge is 2.16. The number of rotatable bonds is 5. The van der Waals surface area contributed by atoms with Crippen LogP contribution in [0.1, 0.15) is 18.1 Å². The van der Waals surface area contributed by atoms with Crippen molar-refractivity contribution in [1.82, 2.24) is 15.0 Å². The first-order chi connectivity index (χ1) is 12.1. The van der Waals surface area contributed by atoms with Crippen LogP contribution in [-0.2, 0) is 0 Å². The molecule has 2 heterocycles. The van der Waals surface area contributed by atoms with Gasteiger partial charge in [-0.2, -0.15) is 0 Å². The van der Waals surface area contributed by atoms with Crippen molar-refractivity contribution < 1.29 is 0 Å². The third-order valence-electron chi connectivity index (χ3n) is 3.99. The quantitative estimate of drug-likeness (QED) is 0.735. The molecule has 3 aromatic rings. The molecule has 2 aromatic heterocycles. The van der Waals surface area contributed by atoms with E-state index in [0.29, 0.717) is 17.3 Å². The molecule has 0 bridgehead atoms. The molecule has 0 atom stereocenters. The van der Waals surface area contributed by atoms with Gasteiger partial charge in [-0.3, -0.25) is 0 Å². The second kappa shape index (κ2) is 7.17. The SMILES string of the molecule is CCN(c1cccc(C)c1)c1ncnc(Nc2ncccc2C)c1N. The maximum Gasteiger partial charge on any atom is 0.161 e. The normalized spacial score (nSPS) is 10.5. The Morgan fingerprint density at radius 3 is 2.60 bits per heavy atom. The molecule has 1 aromatic carbocycles. The second-order valence-corrected chi connectivity index (χ2v) is 5.84. The average Bonchev–Trinajstić information content (AvgIpc) is 2.61. The lowest BCUT2D eigenvalue weighted by Gasteiger charge is -2.24. The molecule has 0 aliphatic heterocycles. The topological polar surface area (TPSA) is 80.0 Å².